The van der Waals surface area contributed by atoms with Crippen LogP contribution in [-0.4, -0.2) is 34.4 Å². The molecular formula is C17H18N4O2. The molecule has 6 nitrogen and oxygen atoms in total. The predicted octanol–water partition coefficient (Wildman–Crippen LogP) is 1.41. The van der Waals surface area contributed by atoms with Gasteiger partial charge in [-0.3, -0.25) is 19.6 Å². The van der Waals surface area contributed by atoms with E-state index in [1.165, 1.54) is 0 Å². The lowest BCUT2D eigenvalue weighted by Crippen LogP contribution is -2.45. The van der Waals surface area contributed by atoms with Crippen LogP contribution in [0.2, 0.25) is 0 Å². The third-order valence-corrected chi connectivity index (χ3v) is 3.79. The summed E-state index contributed by atoms with van der Waals surface area (Å²) >= 11 is 0. The molecule has 0 unspecified atom stereocenters. The topological polar surface area (TPSA) is 84.0 Å². The van der Waals surface area contributed by atoms with Crippen LogP contribution in [0.5, 0.6) is 0 Å². The number of hydrogen-bond acceptors (Lipinski definition) is 4. The summed E-state index contributed by atoms with van der Waals surface area (Å²) in [7, 11) is 0. The molecule has 1 fully saturated rings. The molecule has 23 heavy (non-hydrogen) atoms. The van der Waals surface area contributed by atoms with E-state index in [1.54, 1.807) is 48.8 Å². The highest BCUT2D eigenvalue weighted by molar-refractivity contribution is 5.93. The zero-order valence-electron chi connectivity index (χ0n) is 12.6. The highest BCUT2D eigenvalue weighted by Crippen LogP contribution is 2.32. The first kappa shape index (κ1) is 15.1. The van der Waals surface area contributed by atoms with E-state index in [0.717, 1.165) is 12.8 Å². The Morgan fingerprint density at radius 1 is 1.00 bits per heavy atom. The Morgan fingerprint density at radius 3 is 2.13 bits per heavy atom. The Hall–Kier alpha value is -2.76. The maximum Gasteiger partial charge on any atom is 0.270 e. The average molecular weight is 310 g/mol. The van der Waals surface area contributed by atoms with Crippen LogP contribution < -0.4 is 10.6 Å². The lowest BCUT2D eigenvalue weighted by Gasteiger charge is -2.18. The smallest absolute Gasteiger partial charge is 0.270 e. The zero-order chi connectivity index (χ0) is 16.1. The van der Waals surface area contributed by atoms with Gasteiger partial charge in [-0.05, 0) is 43.0 Å². The number of carbonyl (C=O) groups excluding carboxylic acids is 2. The number of aromatic nitrogens is 2. The normalized spacial score (nSPS) is 14.8. The van der Waals surface area contributed by atoms with Crippen molar-refractivity contribution in [3.8, 4) is 0 Å². The fourth-order valence-electron chi connectivity index (χ4n) is 2.36. The first-order valence-electron chi connectivity index (χ1n) is 7.65. The molecule has 2 heterocycles. The van der Waals surface area contributed by atoms with Crippen LogP contribution in [-0.2, 0) is 0 Å². The minimum absolute atomic E-state index is 0.0860. The van der Waals surface area contributed by atoms with Gasteiger partial charge in [0.1, 0.15) is 11.4 Å². The van der Waals surface area contributed by atoms with Crippen LogP contribution in [0, 0.1) is 5.92 Å². The molecule has 2 aromatic rings. The molecule has 0 spiro atoms. The third-order valence-electron chi connectivity index (χ3n) is 3.79. The molecule has 1 aliphatic rings. The molecule has 6 heteroatoms. The average Bonchev–Trinajstić information content (AvgIpc) is 3.44. The van der Waals surface area contributed by atoms with E-state index in [-0.39, 0.29) is 17.9 Å². The number of rotatable bonds is 6. The van der Waals surface area contributed by atoms with Gasteiger partial charge in [-0.25, -0.2) is 0 Å². The molecule has 1 aliphatic carbocycles. The Kier molecular flexibility index (Phi) is 4.61. The van der Waals surface area contributed by atoms with Crippen LogP contribution >= 0.6 is 0 Å². The molecule has 2 N–H and O–H groups in total. The Bertz CT molecular complexity index is 672. The zero-order valence-corrected chi connectivity index (χ0v) is 12.6. The van der Waals surface area contributed by atoms with Gasteiger partial charge in [0, 0.05) is 25.0 Å². The lowest BCUT2D eigenvalue weighted by molar-refractivity contribution is 0.0898. The molecule has 0 radical (unpaired) electrons. The van der Waals surface area contributed by atoms with Gasteiger partial charge in [0.25, 0.3) is 11.8 Å². The van der Waals surface area contributed by atoms with Crippen molar-refractivity contribution in [2.45, 2.75) is 18.9 Å². The summed E-state index contributed by atoms with van der Waals surface area (Å²) < 4.78 is 0. The largest absolute Gasteiger partial charge is 0.349 e. The third kappa shape index (κ3) is 4.12. The standard InChI is InChI=1S/C17H18N4O2/c22-16(13-5-1-3-9-18-13)20-11-15(12-7-8-12)21-17(23)14-6-2-4-10-19-14/h1-6,9-10,12,15H,7-8,11H2,(H,20,22)(H,21,23)/t15-/m0/s1. The van der Waals surface area contributed by atoms with Gasteiger partial charge < -0.3 is 10.6 Å². The highest BCUT2D eigenvalue weighted by atomic mass is 16.2. The second-order valence-corrected chi connectivity index (χ2v) is 5.56. The first-order valence-corrected chi connectivity index (χ1v) is 7.65. The molecule has 2 aromatic heterocycles. The molecule has 0 saturated heterocycles. The van der Waals surface area contributed by atoms with Crippen LogP contribution in [0.15, 0.2) is 48.8 Å². The molecule has 1 atom stereocenters. The number of pyridine rings is 2. The van der Waals surface area contributed by atoms with E-state index >= 15 is 0 Å². The Labute approximate surface area is 134 Å². The fraction of sp³-hybridized carbons (Fsp3) is 0.294. The van der Waals surface area contributed by atoms with Gasteiger partial charge in [-0.2, -0.15) is 0 Å². The van der Waals surface area contributed by atoms with Gasteiger partial charge in [-0.15, -0.1) is 0 Å². The lowest BCUT2D eigenvalue weighted by atomic mass is 10.1. The van der Waals surface area contributed by atoms with E-state index < -0.39 is 0 Å². The fourth-order valence-corrected chi connectivity index (χ4v) is 2.36. The van der Waals surface area contributed by atoms with E-state index in [4.69, 9.17) is 0 Å². The van der Waals surface area contributed by atoms with Crippen molar-refractivity contribution in [3.05, 3.63) is 60.2 Å². The van der Waals surface area contributed by atoms with Crippen molar-refractivity contribution in [2.75, 3.05) is 6.54 Å². The predicted molar refractivity (Wildman–Crippen MR) is 84.8 cm³/mol. The number of nitrogens with one attached hydrogen (secondary N) is 2. The summed E-state index contributed by atoms with van der Waals surface area (Å²) in [4.78, 5) is 32.3. The molecule has 0 bridgehead atoms. The van der Waals surface area contributed by atoms with Crippen molar-refractivity contribution in [1.29, 1.82) is 0 Å². The Balaban J connectivity index is 1.57. The van der Waals surface area contributed by atoms with Crippen molar-refractivity contribution in [2.24, 2.45) is 5.92 Å². The summed E-state index contributed by atoms with van der Waals surface area (Å²) in [5.41, 5.74) is 0.757. The van der Waals surface area contributed by atoms with Crippen molar-refractivity contribution < 1.29 is 9.59 Å². The molecule has 0 aliphatic heterocycles. The number of nitrogens with zero attached hydrogens (tertiary/aromatic N) is 2. The second-order valence-electron chi connectivity index (χ2n) is 5.56. The van der Waals surface area contributed by atoms with Crippen LogP contribution in [0.4, 0.5) is 0 Å². The highest BCUT2D eigenvalue weighted by Gasteiger charge is 2.32. The summed E-state index contributed by atoms with van der Waals surface area (Å²) in [5, 5.41) is 5.81. The van der Waals surface area contributed by atoms with Gasteiger partial charge >= 0.3 is 0 Å². The maximum atomic E-state index is 12.2. The monoisotopic (exact) mass is 310 g/mol. The summed E-state index contributed by atoms with van der Waals surface area (Å²) in [6, 6.07) is 10.3. The molecule has 1 saturated carbocycles. The van der Waals surface area contributed by atoms with E-state index in [9.17, 15) is 9.59 Å². The summed E-state index contributed by atoms with van der Waals surface area (Å²) in [5.74, 6) is -0.0374. The minimum atomic E-state index is -0.233. The number of hydrogen-bond donors (Lipinski definition) is 2. The van der Waals surface area contributed by atoms with Crippen LogP contribution in [0.3, 0.4) is 0 Å². The second kappa shape index (κ2) is 7.00. The van der Waals surface area contributed by atoms with Crippen LogP contribution in [0.1, 0.15) is 33.8 Å². The Morgan fingerprint density at radius 2 is 1.61 bits per heavy atom. The number of carbonyl (C=O) groups is 2. The van der Waals surface area contributed by atoms with Gasteiger partial charge in [0.15, 0.2) is 0 Å². The maximum absolute atomic E-state index is 12.2. The van der Waals surface area contributed by atoms with Crippen molar-refractivity contribution in [1.82, 2.24) is 20.6 Å². The molecule has 2 amide bonds. The molecule has 118 valence electrons. The van der Waals surface area contributed by atoms with Crippen molar-refractivity contribution in [3.63, 3.8) is 0 Å². The SMILES string of the molecule is O=C(NC[C@H](NC(=O)c1ccccn1)C1CC1)c1ccccn1. The van der Waals surface area contributed by atoms with Gasteiger partial charge in [-0.1, -0.05) is 12.1 Å². The van der Waals surface area contributed by atoms with E-state index in [2.05, 4.69) is 20.6 Å². The first-order chi connectivity index (χ1) is 11.2. The van der Waals surface area contributed by atoms with Gasteiger partial charge in [0.2, 0.25) is 0 Å². The quantitative estimate of drug-likeness (QED) is 0.845. The van der Waals surface area contributed by atoms with E-state index in [1.807, 2.05) is 0 Å². The minimum Gasteiger partial charge on any atom is -0.349 e. The van der Waals surface area contributed by atoms with Crippen LogP contribution in [0.25, 0.3) is 0 Å². The molecular weight excluding hydrogens is 292 g/mol. The summed E-state index contributed by atoms with van der Waals surface area (Å²) in [6.45, 7) is 0.388. The van der Waals surface area contributed by atoms with E-state index in [0.29, 0.717) is 23.9 Å². The van der Waals surface area contributed by atoms with Gasteiger partial charge in [0.05, 0.1) is 0 Å². The molecule has 0 aromatic carbocycles. The van der Waals surface area contributed by atoms with Crippen molar-refractivity contribution >= 4 is 11.8 Å². The number of amides is 2. The molecule has 3 rings (SSSR count). The summed E-state index contributed by atoms with van der Waals surface area (Å²) in [6.07, 6.45) is 5.29.